The van der Waals surface area contributed by atoms with Crippen LogP contribution in [0.4, 0.5) is 0 Å². The van der Waals surface area contributed by atoms with Crippen molar-refractivity contribution in [3.05, 3.63) is 55.1 Å². The molecule has 1 unspecified atom stereocenters. The van der Waals surface area contributed by atoms with Crippen LogP contribution in [0.15, 0.2) is 34.1 Å². The summed E-state index contributed by atoms with van der Waals surface area (Å²) in [6.45, 7) is 2.06. The number of aryl methyl sites for hydroxylation is 1. The van der Waals surface area contributed by atoms with E-state index in [0.717, 1.165) is 15.9 Å². The molecule has 18 heavy (non-hydrogen) atoms. The predicted molar refractivity (Wildman–Crippen MR) is 83.7 cm³/mol. The summed E-state index contributed by atoms with van der Waals surface area (Å²) in [6, 6.07) is 8.62. The molecule has 0 fully saturated rings. The number of hydrogen-bond donors (Lipinski definition) is 1. The monoisotopic (exact) mass is 343 g/mol. The molecule has 0 radical (unpaired) electrons. The van der Waals surface area contributed by atoms with Crippen molar-refractivity contribution in [2.24, 2.45) is 0 Å². The Morgan fingerprint density at radius 3 is 2.72 bits per heavy atom. The van der Waals surface area contributed by atoms with Crippen LogP contribution < -0.4 is 5.32 Å². The Morgan fingerprint density at radius 1 is 1.39 bits per heavy atom. The third-order valence-corrected chi connectivity index (χ3v) is 5.28. The zero-order chi connectivity index (χ0) is 13.1. The molecule has 1 nitrogen and oxygen atoms in total. The number of benzene rings is 1. The second-order valence-corrected chi connectivity index (χ2v) is 6.48. The quantitative estimate of drug-likeness (QED) is 0.825. The summed E-state index contributed by atoms with van der Waals surface area (Å²) >= 11 is 11.6. The molecule has 0 aliphatic rings. The van der Waals surface area contributed by atoms with Crippen molar-refractivity contribution in [2.75, 3.05) is 7.05 Å². The molecule has 0 amide bonds. The topological polar surface area (TPSA) is 12.0 Å². The molecule has 0 spiro atoms. The molecular weight excluding hydrogens is 330 g/mol. The maximum atomic E-state index is 6.30. The second kappa shape index (κ2) is 6.20. The Hall–Kier alpha value is -0.350. The van der Waals surface area contributed by atoms with Gasteiger partial charge < -0.3 is 5.32 Å². The first-order valence-corrected chi connectivity index (χ1v) is 7.82. The molecule has 2 rings (SSSR count). The van der Waals surface area contributed by atoms with Crippen molar-refractivity contribution in [1.82, 2.24) is 5.32 Å². The van der Waals surface area contributed by atoms with E-state index in [9.17, 15) is 0 Å². The molecule has 1 N–H and O–H groups in total. The SMILES string of the molecule is CNC(Cc1ccc(C)cc1Cl)c1sccc1Br. The summed E-state index contributed by atoms with van der Waals surface area (Å²) in [5.41, 5.74) is 2.38. The summed E-state index contributed by atoms with van der Waals surface area (Å²) in [4.78, 5) is 1.31. The van der Waals surface area contributed by atoms with E-state index < -0.39 is 0 Å². The number of halogens is 2. The zero-order valence-corrected chi connectivity index (χ0v) is 13.5. The minimum Gasteiger partial charge on any atom is -0.312 e. The number of nitrogens with one attached hydrogen (secondary N) is 1. The van der Waals surface area contributed by atoms with Crippen LogP contribution in [0.5, 0.6) is 0 Å². The van der Waals surface area contributed by atoms with Gasteiger partial charge in [-0.25, -0.2) is 0 Å². The van der Waals surface area contributed by atoms with Gasteiger partial charge in [-0.15, -0.1) is 11.3 Å². The fourth-order valence-electron chi connectivity index (χ4n) is 1.92. The van der Waals surface area contributed by atoms with Crippen molar-refractivity contribution >= 4 is 38.9 Å². The van der Waals surface area contributed by atoms with E-state index in [0.29, 0.717) is 6.04 Å². The molecule has 0 saturated heterocycles. The molecule has 0 saturated carbocycles. The normalized spacial score (nSPS) is 12.7. The van der Waals surface area contributed by atoms with Gasteiger partial charge in [0.1, 0.15) is 0 Å². The molecule has 1 heterocycles. The van der Waals surface area contributed by atoms with Crippen molar-refractivity contribution in [2.45, 2.75) is 19.4 Å². The first-order valence-electron chi connectivity index (χ1n) is 5.77. The Morgan fingerprint density at radius 2 is 2.17 bits per heavy atom. The van der Waals surface area contributed by atoms with E-state index in [2.05, 4.69) is 51.7 Å². The highest BCUT2D eigenvalue weighted by Crippen LogP contribution is 2.32. The lowest BCUT2D eigenvalue weighted by Crippen LogP contribution is -2.18. The van der Waals surface area contributed by atoms with Gasteiger partial charge in [-0.05, 0) is 65.0 Å². The highest BCUT2D eigenvalue weighted by molar-refractivity contribution is 9.10. The summed E-state index contributed by atoms with van der Waals surface area (Å²) in [5, 5.41) is 6.31. The molecule has 96 valence electrons. The van der Waals surface area contributed by atoms with Crippen LogP contribution in [0.1, 0.15) is 22.0 Å². The first kappa shape index (κ1) is 14.1. The molecule has 1 atom stereocenters. The predicted octanol–water partition coefficient (Wildman–Crippen LogP) is 4.98. The Kier molecular flexibility index (Phi) is 4.84. The van der Waals surface area contributed by atoms with Crippen LogP contribution in [0.3, 0.4) is 0 Å². The minimum absolute atomic E-state index is 0.291. The third-order valence-electron chi connectivity index (χ3n) is 2.94. The van der Waals surface area contributed by atoms with Crippen LogP contribution in [0.25, 0.3) is 0 Å². The molecule has 0 aliphatic carbocycles. The number of likely N-dealkylation sites (N-methyl/N-ethyl adjacent to an activating group) is 1. The molecule has 4 heteroatoms. The smallest absolute Gasteiger partial charge is 0.0465 e. The van der Waals surface area contributed by atoms with E-state index in [4.69, 9.17) is 11.6 Å². The van der Waals surface area contributed by atoms with Gasteiger partial charge in [-0.2, -0.15) is 0 Å². The van der Waals surface area contributed by atoms with Gasteiger partial charge in [0.15, 0.2) is 0 Å². The molecule has 0 bridgehead atoms. The van der Waals surface area contributed by atoms with Gasteiger partial charge in [0, 0.05) is 20.4 Å². The Balaban J connectivity index is 2.23. The molecule has 0 aliphatic heterocycles. The molecule has 1 aromatic carbocycles. The van der Waals surface area contributed by atoms with Gasteiger partial charge in [0.05, 0.1) is 0 Å². The maximum absolute atomic E-state index is 6.30. The van der Waals surface area contributed by atoms with Crippen LogP contribution in [0.2, 0.25) is 5.02 Å². The van der Waals surface area contributed by atoms with E-state index >= 15 is 0 Å². The zero-order valence-electron chi connectivity index (χ0n) is 10.3. The van der Waals surface area contributed by atoms with E-state index in [-0.39, 0.29) is 0 Å². The van der Waals surface area contributed by atoms with Gasteiger partial charge in [-0.3, -0.25) is 0 Å². The summed E-state index contributed by atoms with van der Waals surface area (Å²) in [6.07, 6.45) is 0.898. The fourth-order valence-corrected chi connectivity index (χ4v) is 3.99. The van der Waals surface area contributed by atoms with Crippen molar-refractivity contribution < 1.29 is 0 Å². The van der Waals surface area contributed by atoms with Crippen molar-refractivity contribution in [3.8, 4) is 0 Å². The number of thiophene rings is 1. The van der Waals surface area contributed by atoms with E-state index in [1.165, 1.54) is 16.0 Å². The minimum atomic E-state index is 0.291. The summed E-state index contributed by atoms with van der Waals surface area (Å²) < 4.78 is 1.16. The first-order chi connectivity index (χ1) is 8.61. The van der Waals surface area contributed by atoms with Gasteiger partial charge >= 0.3 is 0 Å². The van der Waals surface area contributed by atoms with Gasteiger partial charge in [0.2, 0.25) is 0 Å². The lowest BCUT2D eigenvalue weighted by atomic mass is 10.0. The standard InChI is InChI=1S/C14H15BrClNS/c1-9-3-4-10(12(16)7-9)8-13(17-2)14-11(15)5-6-18-14/h3-7,13,17H,8H2,1-2H3. The Bertz CT molecular complexity index is 538. The van der Waals surface area contributed by atoms with Crippen molar-refractivity contribution in [3.63, 3.8) is 0 Å². The summed E-state index contributed by atoms with van der Waals surface area (Å²) in [7, 11) is 1.99. The molecule has 1 aromatic heterocycles. The maximum Gasteiger partial charge on any atom is 0.0465 e. The van der Waals surface area contributed by atoms with E-state index in [1.54, 1.807) is 11.3 Å². The lowest BCUT2D eigenvalue weighted by Gasteiger charge is -2.16. The van der Waals surface area contributed by atoms with Crippen LogP contribution >= 0.6 is 38.9 Å². The molecule has 2 aromatic rings. The second-order valence-electron chi connectivity index (χ2n) is 4.27. The highest BCUT2D eigenvalue weighted by Gasteiger charge is 2.16. The molecular formula is C14H15BrClNS. The van der Waals surface area contributed by atoms with Gasteiger partial charge in [0.25, 0.3) is 0 Å². The number of rotatable bonds is 4. The fraction of sp³-hybridized carbons (Fsp3) is 0.286. The highest BCUT2D eigenvalue weighted by atomic mass is 79.9. The number of hydrogen-bond acceptors (Lipinski definition) is 2. The average molecular weight is 345 g/mol. The average Bonchev–Trinajstić information content (AvgIpc) is 2.75. The summed E-state index contributed by atoms with van der Waals surface area (Å²) in [5.74, 6) is 0. The van der Waals surface area contributed by atoms with Gasteiger partial charge in [-0.1, -0.05) is 23.7 Å². The third kappa shape index (κ3) is 3.15. The van der Waals surface area contributed by atoms with Crippen molar-refractivity contribution in [1.29, 1.82) is 0 Å². The van der Waals surface area contributed by atoms with Crippen LogP contribution in [-0.2, 0) is 6.42 Å². The van der Waals surface area contributed by atoms with Crippen LogP contribution in [-0.4, -0.2) is 7.05 Å². The van der Waals surface area contributed by atoms with Crippen LogP contribution in [0, 0.1) is 6.92 Å². The lowest BCUT2D eigenvalue weighted by molar-refractivity contribution is 0.600. The Labute approximate surface area is 125 Å². The van der Waals surface area contributed by atoms with E-state index in [1.807, 2.05) is 13.1 Å². The largest absolute Gasteiger partial charge is 0.312 e.